The van der Waals surface area contributed by atoms with Crippen LogP contribution in [0.4, 0.5) is 11.6 Å². The molecule has 0 bridgehead atoms. The fraction of sp³-hybridized carbons (Fsp3) is 0.240. The van der Waals surface area contributed by atoms with E-state index in [0.29, 0.717) is 42.7 Å². The van der Waals surface area contributed by atoms with Crippen LogP contribution in [0.15, 0.2) is 67.1 Å². The Morgan fingerprint density at radius 3 is 2.85 bits per heavy atom. The van der Waals surface area contributed by atoms with E-state index in [-0.39, 0.29) is 13.7 Å². The van der Waals surface area contributed by atoms with Crippen LogP contribution in [0.1, 0.15) is 25.4 Å². The van der Waals surface area contributed by atoms with Gasteiger partial charge in [-0.1, -0.05) is 12.1 Å². The molecule has 0 atom stereocenters. The molecule has 7 N–H and O–H groups in total. The maximum Gasteiger partial charge on any atom is 0.227 e. The van der Waals surface area contributed by atoms with Crippen LogP contribution in [0.2, 0.25) is 0 Å². The van der Waals surface area contributed by atoms with E-state index in [0.717, 1.165) is 29.7 Å². The molecule has 1 aliphatic rings. The second-order valence-corrected chi connectivity index (χ2v) is 7.58. The molecule has 2 heterocycles. The van der Waals surface area contributed by atoms with E-state index in [1.165, 1.54) is 6.20 Å². The first-order valence-corrected chi connectivity index (χ1v) is 10.8. The summed E-state index contributed by atoms with van der Waals surface area (Å²) in [4.78, 5) is 8.97. The zero-order chi connectivity index (χ0) is 22.9. The normalized spacial score (nSPS) is 13.6. The van der Waals surface area contributed by atoms with Gasteiger partial charge in [0.25, 0.3) is 0 Å². The predicted octanol–water partition coefficient (Wildman–Crippen LogP) is 4.24. The number of anilines is 2. The lowest BCUT2D eigenvalue weighted by atomic mass is 10.1. The summed E-state index contributed by atoms with van der Waals surface area (Å²) in [5.41, 5.74) is 9.34. The Hall–Kier alpha value is -4.13. The average molecular weight is 462 g/mol. The Morgan fingerprint density at radius 1 is 1.21 bits per heavy atom. The number of ether oxygens (including phenoxy) is 2. The third kappa shape index (κ3) is 6.45. The minimum Gasteiger partial charge on any atom is -0.489 e. The van der Waals surface area contributed by atoms with Crippen molar-refractivity contribution >= 4 is 11.6 Å². The molecule has 1 aliphatic heterocycles. The Bertz CT molecular complexity index is 1160. The second kappa shape index (κ2) is 12.2. The van der Waals surface area contributed by atoms with Gasteiger partial charge >= 0.3 is 0 Å². The van der Waals surface area contributed by atoms with Gasteiger partial charge in [0.2, 0.25) is 5.95 Å². The summed E-state index contributed by atoms with van der Waals surface area (Å²) in [7, 11) is 0. The topological polar surface area (TPSA) is 153 Å². The summed E-state index contributed by atoms with van der Waals surface area (Å²) < 4.78 is 11.4. The number of hydrogen-bond donors (Lipinski definition) is 4. The molecule has 1 aromatic heterocycles. The van der Waals surface area contributed by atoms with E-state index in [4.69, 9.17) is 15.2 Å². The van der Waals surface area contributed by atoms with Crippen molar-refractivity contribution in [1.82, 2.24) is 21.4 Å². The molecule has 2 aromatic carbocycles. The standard InChI is InChI=1S/C25H26N6O2.H3N.H2/c26-9-11-28-17-18-2-1-3-21(14-18)30-25-29-10-6-23(31-25)19-4-5-24(20(15-19)16-27)33-22-7-12-32-13-8-22;;/h1-6,9-11,14-15,22,28H,7-8,12-13,17,26H2,(H,29,30,31);1H3;1H/b11-9-;;. The van der Waals surface area contributed by atoms with Crippen molar-refractivity contribution in [3.05, 3.63) is 78.3 Å². The van der Waals surface area contributed by atoms with Crippen molar-refractivity contribution in [2.75, 3.05) is 18.5 Å². The van der Waals surface area contributed by atoms with Gasteiger partial charge in [0.1, 0.15) is 17.9 Å². The van der Waals surface area contributed by atoms with E-state index in [1.54, 1.807) is 18.5 Å². The molecule has 0 spiro atoms. The fourth-order valence-electron chi connectivity index (χ4n) is 3.57. The van der Waals surface area contributed by atoms with E-state index < -0.39 is 0 Å². The molecule has 9 nitrogen and oxygen atoms in total. The Kier molecular flexibility index (Phi) is 8.80. The van der Waals surface area contributed by atoms with E-state index in [1.807, 2.05) is 42.5 Å². The van der Waals surface area contributed by atoms with E-state index >= 15 is 0 Å². The van der Waals surface area contributed by atoms with Crippen LogP contribution in [0.3, 0.4) is 0 Å². The molecule has 0 unspecified atom stereocenters. The van der Waals surface area contributed by atoms with Gasteiger partial charge in [-0.2, -0.15) is 5.26 Å². The number of benzene rings is 2. The van der Waals surface area contributed by atoms with Crippen molar-refractivity contribution in [2.24, 2.45) is 5.73 Å². The number of rotatable bonds is 8. The van der Waals surface area contributed by atoms with Gasteiger partial charge < -0.3 is 32.0 Å². The highest BCUT2D eigenvalue weighted by Crippen LogP contribution is 2.28. The second-order valence-electron chi connectivity index (χ2n) is 7.58. The molecular weight excluding hydrogens is 430 g/mol. The molecule has 34 heavy (non-hydrogen) atoms. The number of nitrogens with two attached hydrogens (primary N) is 1. The summed E-state index contributed by atoms with van der Waals surface area (Å²) >= 11 is 0. The largest absolute Gasteiger partial charge is 0.489 e. The van der Waals surface area contributed by atoms with Crippen LogP contribution in [0.5, 0.6) is 5.75 Å². The summed E-state index contributed by atoms with van der Waals surface area (Å²) in [6.07, 6.45) is 6.58. The lowest BCUT2D eigenvalue weighted by Gasteiger charge is -2.23. The summed E-state index contributed by atoms with van der Waals surface area (Å²) in [5, 5.41) is 16.0. The maximum absolute atomic E-state index is 9.66. The van der Waals surface area contributed by atoms with E-state index in [2.05, 4.69) is 26.7 Å². The lowest BCUT2D eigenvalue weighted by molar-refractivity contribution is 0.0254. The van der Waals surface area contributed by atoms with Crippen LogP contribution in [0.25, 0.3) is 11.3 Å². The molecule has 0 aliphatic carbocycles. The minimum absolute atomic E-state index is 0. The van der Waals surface area contributed by atoms with Crippen LogP contribution in [0, 0.1) is 11.3 Å². The minimum atomic E-state index is 0. The molecular formula is C25H31N7O2. The first-order chi connectivity index (χ1) is 16.2. The quantitative estimate of drug-likeness (QED) is 0.385. The Morgan fingerprint density at radius 2 is 2.06 bits per heavy atom. The highest BCUT2D eigenvalue weighted by atomic mass is 16.5. The highest BCUT2D eigenvalue weighted by Gasteiger charge is 2.17. The summed E-state index contributed by atoms with van der Waals surface area (Å²) in [6.45, 7) is 2.03. The summed E-state index contributed by atoms with van der Waals surface area (Å²) in [6, 6.07) is 17.6. The average Bonchev–Trinajstić information content (AvgIpc) is 2.85. The molecule has 178 valence electrons. The highest BCUT2D eigenvalue weighted by molar-refractivity contribution is 5.66. The van der Waals surface area contributed by atoms with Crippen LogP contribution in [-0.4, -0.2) is 29.3 Å². The van der Waals surface area contributed by atoms with Gasteiger partial charge in [-0.05, 0) is 42.0 Å². The van der Waals surface area contributed by atoms with Crippen LogP contribution < -0.4 is 27.3 Å². The molecule has 0 amide bonds. The van der Waals surface area contributed by atoms with Gasteiger partial charge in [-0.15, -0.1) is 0 Å². The molecule has 0 radical (unpaired) electrons. The van der Waals surface area contributed by atoms with Crippen LogP contribution >= 0.6 is 0 Å². The molecule has 1 fully saturated rings. The lowest BCUT2D eigenvalue weighted by Crippen LogP contribution is -2.26. The molecule has 0 saturated carbocycles. The zero-order valence-corrected chi connectivity index (χ0v) is 18.9. The van der Waals surface area contributed by atoms with E-state index in [9.17, 15) is 5.26 Å². The van der Waals surface area contributed by atoms with Gasteiger partial charge in [0.05, 0.1) is 24.5 Å². The zero-order valence-electron chi connectivity index (χ0n) is 18.9. The van der Waals surface area contributed by atoms with Gasteiger partial charge in [0.15, 0.2) is 0 Å². The van der Waals surface area contributed by atoms with Crippen molar-refractivity contribution in [3.8, 4) is 23.1 Å². The fourth-order valence-corrected chi connectivity index (χ4v) is 3.57. The summed E-state index contributed by atoms with van der Waals surface area (Å²) in [5.74, 6) is 1.07. The van der Waals surface area contributed by atoms with Crippen molar-refractivity contribution < 1.29 is 10.9 Å². The molecule has 4 rings (SSSR count). The number of nitrogens with zero attached hydrogens (tertiary/aromatic N) is 3. The van der Waals surface area contributed by atoms with Crippen molar-refractivity contribution in [3.63, 3.8) is 0 Å². The molecule has 9 heteroatoms. The SMILES string of the molecule is N.N#Cc1cc(-c2ccnc(Nc3cccc(CN/C=C\N)c3)n2)ccc1OC1CCOCC1.[HH]. The number of nitrogens with one attached hydrogen (secondary N) is 2. The first-order valence-electron chi connectivity index (χ1n) is 10.8. The maximum atomic E-state index is 9.66. The third-order valence-electron chi connectivity index (χ3n) is 5.22. The van der Waals surface area contributed by atoms with Gasteiger partial charge in [0, 0.05) is 50.7 Å². The van der Waals surface area contributed by atoms with Crippen LogP contribution in [-0.2, 0) is 11.3 Å². The Balaban J connectivity index is 0.00000216. The predicted molar refractivity (Wildman–Crippen MR) is 134 cm³/mol. The van der Waals surface area contributed by atoms with Gasteiger partial charge in [-0.3, -0.25) is 0 Å². The Labute approximate surface area is 200 Å². The monoisotopic (exact) mass is 461 g/mol. The van der Waals surface area contributed by atoms with Gasteiger partial charge in [-0.25, -0.2) is 9.97 Å². The number of hydrogen-bond acceptors (Lipinski definition) is 9. The number of aromatic nitrogens is 2. The molecule has 3 aromatic rings. The first kappa shape index (κ1) is 24.5. The number of nitriles is 1. The van der Waals surface area contributed by atoms with Crippen molar-refractivity contribution in [2.45, 2.75) is 25.5 Å². The smallest absolute Gasteiger partial charge is 0.227 e. The molecule has 1 saturated heterocycles. The van der Waals surface area contributed by atoms with Crippen molar-refractivity contribution in [1.29, 1.82) is 5.26 Å². The third-order valence-corrected chi connectivity index (χ3v) is 5.22.